The summed E-state index contributed by atoms with van der Waals surface area (Å²) in [7, 11) is 0. The summed E-state index contributed by atoms with van der Waals surface area (Å²) in [6, 6.07) is 9.44. The summed E-state index contributed by atoms with van der Waals surface area (Å²) in [6.45, 7) is 0.961. The van der Waals surface area contributed by atoms with Gasteiger partial charge in [-0.25, -0.2) is 0 Å². The van der Waals surface area contributed by atoms with Crippen LogP contribution < -0.4 is 4.74 Å². The number of ether oxygens (including phenoxy) is 3. The van der Waals surface area contributed by atoms with Crippen LogP contribution in [0.3, 0.4) is 0 Å². The Hall–Kier alpha value is -1.86. The number of rotatable bonds is 5. The van der Waals surface area contributed by atoms with Crippen molar-refractivity contribution in [1.82, 2.24) is 0 Å². The lowest BCUT2D eigenvalue weighted by atomic mass is 10.1. The van der Waals surface area contributed by atoms with Crippen LogP contribution in [0.2, 0.25) is 10.0 Å². The van der Waals surface area contributed by atoms with Crippen molar-refractivity contribution < 1.29 is 19.1 Å². The van der Waals surface area contributed by atoms with Crippen molar-refractivity contribution >= 4 is 28.9 Å². The molecule has 126 valence electrons. The van der Waals surface area contributed by atoms with E-state index in [0.29, 0.717) is 40.1 Å². The Labute approximate surface area is 148 Å². The van der Waals surface area contributed by atoms with Gasteiger partial charge >= 0.3 is 0 Å². The lowest BCUT2D eigenvalue weighted by Crippen LogP contribution is -2.05. The molecule has 0 radical (unpaired) electrons. The quantitative estimate of drug-likeness (QED) is 0.571. The zero-order valence-electron chi connectivity index (χ0n) is 12.4. The van der Waals surface area contributed by atoms with Gasteiger partial charge in [0.2, 0.25) is 0 Å². The van der Waals surface area contributed by atoms with Gasteiger partial charge in [-0.15, -0.1) is 0 Å². The third-order valence-corrected chi connectivity index (χ3v) is 4.22. The van der Waals surface area contributed by atoms with E-state index in [0.717, 1.165) is 0 Å². The standard InChI is InChI=1S/C16H13Cl2NO5/c17-13-2-1-3-14(18)12(13)9-24-15-5-4-10(19(20)21)8-11(15)16-22-6-7-23-16/h1-5,8,16H,6-7,9H2. The van der Waals surface area contributed by atoms with Crippen LogP contribution in [0.4, 0.5) is 5.69 Å². The summed E-state index contributed by atoms with van der Waals surface area (Å²) in [4.78, 5) is 10.5. The van der Waals surface area contributed by atoms with E-state index in [4.69, 9.17) is 37.4 Å². The number of nitro groups is 1. The average molecular weight is 370 g/mol. The number of nitrogens with zero attached hydrogens (tertiary/aromatic N) is 1. The number of hydrogen-bond donors (Lipinski definition) is 0. The van der Waals surface area contributed by atoms with Crippen LogP contribution in [0.15, 0.2) is 36.4 Å². The molecule has 0 unspecified atom stereocenters. The summed E-state index contributed by atoms with van der Waals surface area (Å²) in [5.74, 6) is 0.420. The molecule has 8 heteroatoms. The van der Waals surface area contributed by atoms with Gasteiger partial charge in [0, 0.05) is 27.7 Å². The van der Waals surface area contributed by atoms with Gasteiger partial charge in [-0.05, 0) is 18.2 Å². The fraction of sp³-hybridized carbons (Fsp3) is 0.250. The highest BCUT2D eigenvalue weighted by molar-refractivity contribution is 6.35. The van der Waals surface area contributed by atoms with Crippen LogP contribution in [-0.2, 0) is 16.1 Å². The van der Waals surface area contributed by atoms with Gasteiger partial charge in [-0.3, -0.25) is 10.1 Å². The van der Waals surface area contributed by atoms with Gasteiger partial charge in [0.15, 0.2) is 6.29 Å². The fourth-order valence-electron chi connectivity index (χ4n) is 2.32. The molecule has 3 rings (SSSR count). The molecule has 0 saturated carbocycles. The van der Waals surface area contributed by atoms with E-state index in [1.807, 2.05) is 0 Å². The Balaban J connectivity index is 1.88. The Kier molecular flexibility index (Phi) is 5.20. The molecule has 0 aliphatic carbocycles. The molecule has 2 aromatic rings. The van der Waals surface area contributed by atoms with Gasteiger partial charge in [-0.2, -0.15) is 0 Å². The minimum absolute atomic E-state index is 0.0628. The zero-order chi connectivity index (χ0) is 17.1. The van der Waals surface area contributed by atoms with Crippen LogP contribution >= 0.6 is 23.2 Å². The molecule has 0 spiro atoms. The zero-order valence-corrected chi connectivity index (χ0v) is 13.9. The van der Waals surface area contributed by atoms with Crippen molar-refractivity contribution in [2.45, 2.75) is 12.9 Å². The summed E-state index contributed by atoms with van der Waals surface area (Å²) >= 11 is 12.3. The second-order valence-electron chi connectivity index (χ2n) is 5.04. The SMILES string of the molecule is O=[N+]([O-])c1ccc(OCc2c(Cl)cccc2Cl)c(C2OCCO2)c1. The molecular formula is C16H13Cl2NO5. The molecule has 0 aromatic heterocycles. The number of hydrogen-bond acceptors (Lipinski definition) is 5. The molecule has 6 nitrogen and oxygen atoms in total. The van der Waals surface area contributed by atoms with Crippen LogP contribution in [0.5, 0.6) is 5.75 Å². The predicted molar refractivity (Wildman–Crippen MR) is 88.5 cm³/mol. The van der Waals surface area contributed by atoms with Crippen LogP contribution in [0.25, 0.3) is 0 Å². The molecule has 1 saturated heterocycles. The maximum absolute atomic E-state index is 11.0. The van der Waals surface area contributed by atoms with Crippen LogP contribution in [0, 0.1) is 10.1 Å². The maximum atomic E-state index is 11.0. The second-order valence-corrected chi connectivity index (χ2v) is 5.86. The highest BCUT2D eigenvalue weighted by Crippen LogP contribution is 2.35. The molecule has 0 atom stereocenters. The summed E-state index contributed by atoms with van der Waals surface area (Å²) in [5, 5.41) is 12.0. The van der Waals surface area contributed by atoms with Crippen molar-refractivity contribution in [2.75, 3.05) is 13.2 Å². The monoisotopic (exact) mass is 369 g/mol. The second kappa shape index (κ2) is 7.36. The van der Waals surface area contributed by atoms with E-state index in [1.54, 1.807) is 18.2 Å². The van der Waals surface area contributed by atoms with Crippen molar-refractivity contribution in [3.05, 3.63) is 67.7 Å². The van der Waals surface area contributed by atoms with Gasteiger partial charge < -0.3 is 14.2 Å². The first-order valence-corrected chi connectivity index (χ1v) is 7.89. The van der Waals surface area contributed by atoms with E-state index in [-0.39, 0.29) is 12.3 Å². The van der Waals surface area contributed by atoms with E-state index in [9.17, 15) is 10.1 Å². The molecule has 1 aliphatic rings. The van der Waals surface area contributed by atoms with Crippen molar-refractivity contribution in [3.63, 3.8) is 0 Å². The third kappa shape index (κ3) is 3.62. The molecular weight excluding hydrogens is 357 g/mol. The first kappa shape index (κ1) is 17.0. The van der Waals surface area contributed by atoms with Crippen molar-refractivity contribution in [1.29, 1.82) is 0 Å². The normalized spacial score (nSPS) is 14.8. The van der Waals surface area contributed by atoms with E-state index >= 15 is 0 Å². The Morgan fingerprint density at radius 2 is 1.83 bits per heavy atom. The number of non-ortho nitro benzene ring substituents is 1. The van der Waals surface area contributed by atoms with Crippen molar-refractivity contribution in [2.24, 2.45) is 0 Å². The summed E-state index contributed by atoms with van der Waals surface area (Å²) < 4.78 is 16.7. The topological polar surface area (TPSA) is 70.8 Å². The van der Waals surface area contributed by atoms with E-state index < -0.39 is 11.2 Å². The van der Waals surface area contributed by atoms with E-state index in [2.05, 4.69) is 0 Å². The third-order valence-electron chi connectivity index (χ3n) is 3.51. The number of halogens is 2. The molecule has 1 aliphatic heterocycles. The number of nitro benzene ring substituents is 1. The molecule has 1 heterocycles. The molecule has 0 N–H and O–H groups in total. The first-order valence-electron chi connectivity index (χ1n) is 7.13. The summed E-state index contributed by atoms with van der Waals surface area (Å²) in [5.41, 5.74) is 1.04. The Morgan fingerprint density at radius 3 is 2.46 bits per heavy atom. The smallest absolute Gasteiger partial charge is 0.270 e. The Morgan fingerprint density at radius 1 is 1.17 bits per heavy atom. The summed E-state index contributed by atoms with van der Waals surface area (Å²) in [6.07, 6.45) is -0.693. The number of benzene rings is 2. The van der Waals surface area contributed by atoms with Gasteiger partial charge in [-0.1, -0.05) is 29.3 Å². The predicted octanol–water partition coefficient (Wildman–Crippen LogP) is 4.53. The molecule has 0 bridgehead atoms. The average Bonchev–Trinajstić information content (AvgIpc) is 3.08. The molecule has 0 amide bonds. The minimum atomic E-state index is -0.693. The van der Waals surface area contributed by atoms with Crippen LogP contribution in [0.1, 0.15) is 17.4 Å². The van der Waals surface area contributed by atoms with E-state index in [1.165, 1.54) is 18.2 Å². The van der Waals surface area contributed by atoms with Gasteiger partial charge in [0.1, 0.15) is 12.4 Å². The van der Waals surface area contributed by atoms with Gasteiger partial charge in [0.05, 0.1) is 23.7 Å². The lowest BCUT2D eigenvalue weighted by Gasteiger charge is -2.16. The molecule has 2 aromatic carbocycles. The van der Waals surface area contributed by atoms with Crippen molar-refractivity contribution in [3.8, 4) is 5.75 Å². The minimum Gasteiger partial charge on any atom is -0.488 e. The largest absolute Gasteiger partial charge is 0.488 e. The maximum Gasteiger partial charge on any atom is 0.270 e. The lowest BCUT2D eigenvalue weighted by molar-refractivity contribution is -0.385. The fourth-order valence-corrected chi connectivity index (χ4v) is 2.83. The van der Waals surface area contributed by atoms with Gasteiger partial charge in [0.25, 0.3) is 5.69 Å². The molecule has 1 fully saturated rings. The van der Waals surface area contributed by atoms with Crippen LogP contribution in [-0.4, -0.2) is 18.1 Å². The Bertz CT molecular complexity index is 742. The molecule has 24 heavy (non-hydrogen) atoms. The highest BCUT2D eigenvalue weighted by atomic mass is 35.5. The highest BCUT2D eigenvalue weighted by Gasteiger charge is 2.25. The first-order chi connectivity index (χ1) is 11.6.